The van der Waals surface area contributed by atoms with Crippen LogP contribution in [-0.2, 0) is 19.0 Å². The van der Waals surface area contributed by atoms with Gasteiger partial charge in [0.15, 0.2) is 0 Å². The number of esters is 1. The summed E-state index contributed by atoms with van der Waals surface area (Å²) in [6.07, 6.45) is -0.0491. The highest BCUT2D eigenvalue weighted by molar-refractivity contribution is 5.87. The summed E-state index contributed by atoms with van der Waals surface area (Å²) < 4.78 is 14.3. The van der Waals surface area contributed by atoms with Crippen molar-refractivity contribution in [3.63, 3.8) is 0 Å². The molecule has 0 saturated carbocycles. The molecule has 0 aliphatic carbocycles. The van der Waals surface area contributed by atoms with E-state index in [9.17, 15) is 9.59 Å². The fourth-order valence-electron chi connectivity index (χ4n) is 1.26. The average molecular weight is 231 g/mol. The second-order valence-corrected chi connectivity index (χ2v) is 4.70. The van der Waals surface area contributed by atoms with Crippen LogP contribution >= 0.6 is 0 Å². The van der Waals surface area contributed by atoms with Crippen LogP contribution in [0.2, 0.25) is 0 Å². The monoisotopic (exact) mass is 231 g/mol. The van der Waals surface area contributed by atoms with Crippen molar-refractivity contribution in [3.8, 4) is 0 Å². The van der Waals surface area contributed by atoms with Crippen molar-refractivity contribution in [1.82, 2.24) is 0 Å². The highest BCUT2D eigenvalue weighted by Crippen LogP contribution is 2.22. The van der Waals surface area contributed by atoms with Crippen LogP contribution < -0.4 is 5.73 Å². The summed E-state index contributed by atoms with van der Waals surface area (Å²) in [5.74, 6) is -0.903. The highest BCUT2D eigenvalue weighted by atomic mass is 16.8. The second kappa shape index (κ2) is 4.39. The van der Waals surface area contributed by atoms with E-state index in [1.807, 2.05) is 0 Å². The van der Waals surface area contributed by atoms with E-state index < -0.39 is 23.5 Å². The first kappa shape index (κ1) is 12.9. The molecule has 0 spiro atoms. The molecule has 0 aromatic heterocycles. The zero-order valence-electron chi connectivity index (χ0n) is 9.74. The van der Waals surface area contributed by atoms with Gasteiger partial charge in [-0.15, -0.1) is 0 Å². The summed E-state index contributed by atoms with van der Waals surface area (Å²) in [6.45, 7) is 5.40. The molecule has 0 aromatic rings. The molecule has 6 nitrogen and oxygen atoms in total. The molecule has 16 heavy (non-hydrogen) atoms. The maximum Gasteiger partial charge on any atom is 0.516 e. The fourth-order valence-corrected chi connectivity index (χ4v) is 1.26. The van der Waals surface area contributed by atoms with Gasteiger partial charge in [0.25, 0.3) is 0 Å². The standard InChI is InChI=1S/C10H17NO5/c1-9(2,3)16-8(13)15-7(12)10(11)5-4-6-14-10/h4-6,11H2,1-3H3. The van der Waals surface area contributed by atoms with Gasteiger partial charge in [-0.1, -0.05) is 0 Å². The Bertz CT molecular complexity index is 288. The molecule has 1 aliphatic rings. The molecule has 0 aromatic carbocycles. The van der Waals surface area contributed by atoms with Crippen molar-refractivity contribution in [3.05, 3.63) is 0 Å². The van der Waals surface area contributed by atoms with Crippen molar-refractivity contribution in [2.45, 2.75) is 44.9 Å². The van der Waals surface area contributed by atoms with Gasteiger partial charge < -0.3 is 14.2 Å². The molecule has 0 amide bonds. The van der Waals surface area contributed by atoms with Crippen LogP contribution in [0.4, 0.5) is 4.79 Å². The number of carbonyl (C=O) groups is 2. The molecule has 2 N–H and O–H groups in total. The van der Waals surface area contributed by atoms with E-state index in [0.29, 0.717) is 19.4 Å². The number of rotatable bonds is 1. The molecule has 1 unspecified atom stereocenters. The highest BCUT2D eigenvalue weighted by Gasteiger charge is 2.42. The predicted octanol–water partition coefficient (Wildman–Crippen LogP) is 0.930. The number of hydrogen-bond donors (Lipinski definition) is 1. The van der Waals surface area contributed by atoms with Gasteiger partial charge in [-0.05, 0) is 27.2 Å². The maximum atomic E-state index is 11.5. The van der Waals surface area contributed by atoms with Gasteiger partial charge in [0.2, 0.25) is 5.72 Å². The summed E-state index contributed by atoms with van der Waals surface area (Å²) in [5, 5.41) is 0. The first-order valence-electron chi connectivity index (χ1n) is 5.11. The molecule has 6 heteroatoms. The summed E-state index contributed by atoms with van der Waals surface area (Å²) in [6, 6.07) is 0. The smallest absolute Gasteiger partial charge is 0.428 e. The third kappa shape index (κ3) is 3.46. The second-order valence-electron chi connectivity index (χ2n) is 4.70. The molecule has 0 bridgehead atoms. The van der Waals surface area contributed by atoms with Gasteiger partial charge >= 0.3 is 12.1 Å². The minimum atomic E-state index is -1.50. The van der Waals surface area contributed by atoms with Crippen LogP contribution in [0.5, 0.6) is 0 Å². The van der Waals surface area contributed by atoms with E-state index in [2.05, 4.69) is 4.74 Å². The normalized spacial score (nSPS) is 25.2. The Morgan fingerprint density at radius 1 is 1.38 bits per heavy atom. The summed E-state index contributed by atoms with van der Waals surface area (Å²) in [5.41, 5.74) is 3.39. The zero-order valence-corrected chi connectivity index (χ0v) is 9.74. The molecular weight excluding hydrogens is 214 g/mol. The SMILES string of the molecule is CC(C)(C)OC(=O)OC(=O)C1(N)CCCO1. The van der Waals surface area contributed by atoms with E-state index in [0.717, 1.165) is 0 Å². The molecule has 1 fully saturated rings. The molecule has 92 valence electrons. The third-order valence-electron chi connectivity index (χ3n) is 1.96. The Morgan fingerprint density at radius 2 is 2.00 bits per heavy atom. The minimum Gasteiger partial charge on any atom is -0.428 e. The van der Waals surface area contributed by atoms with E-state index in [1.54, 1.807) is 20.8 Å². The van der Waals surface area contributed by atoms with Crippen LogP contribution in [0, 0.1) is 0 Å². The third-order valence-corrected chi connectivity index (χ3v) is 1.96. The topological polar surface area (TPSA) is 87.9 Å². The molecule has 1 heterocycles. The average Bonchev–Trinajstić information content (AvgIpc) is 2.49. The molecule has 1 saturated heterocycles. The van der Waals surface area contributed by atoms with Crippen molar-refractivity contribution < 1.29 is 23.8 Å². The Labute approximate surface area is 94.0 Å². The fraction of sp³-hybridized carbons (Fsp3) is 0.800. The quantitative estimate of drug-likeness (QED) is 0.533. The predicted molar refractivity (Wildman–Crippen MR) is 54.4 cm³/mol. The Kier molecular flexibility index (Phi) is 3.54. The molecular formula is C10H17NO5. The van der Waals surface area contributed by atoms with Gasteiger partial charge in [0.05, 0.1) is 0 Å². The van der Waals surface area contributed by atoms with Crippen molar-refractivity contribution in [2.75, 3.05) is 6.61 Å². The van der Waals surface area contributed by atoms with Crippen molar-refractivity contribution >= 4 is 12.1 Å². The van der Waals surface area contributed by atoms with Crippen LogP contribution in [0.15, 0.2) is 0 Å². The lowest BCUT2D eigenvalue weighted by molar-refractivity contribution is -0.163. The van der Waals surface area contributed by atoms with Gasteiger partial charge in [-0.25, -0.2) is 9.59 Å². The molecule has 1 rings (SSSR count). The maximum absolute atomic E-state index is 11.5. The summed E-state index contributed by atoms with van der Waals surface area (Å²) >= 11 is 0. The van der Waals surface area contributed by atoms with Gasteiger partial charge in [0.1, 0.15) is 5.60 Å². The number of carbonyl (C=O) groups excluding carboxylic acids is 2. The van der Waals surface area contributed by atoms with Crippen LogP contribution in [-0.4, -0.2) is 30.1 Å². The van der Waals surface area contributed by atoms with Gasteiger partial charge in [0, 0.05) is 13.0 Å². The molecule has 0 radical (unpaired) electrons. The Hall–Kier alpha value is -1.14. The van der Waals surface area contributed by atoms with E-state index in [1.165, 1.54) is 0 Å². The minimum absolute atomic E-state index is 0.342. The zero-order chi connectivity index (χ0) is 12.4. The van der Waals surface area contributed by atoms with E-state index in [4.69, 9.17) is 15.2 Å². The first-order chi connectivity index (χ1) is 7.23. The van der Waals surface area contributed by atoms with Gasteiger partial charge in [-0.3, -0.25) is 5.73 Å². The number of hydrogen-bond acceptors (Lipinski definition) is 6. The Morgan fingerprint density at radius 3 is 2.44 bits per heavy atom. The number of ether oxygens (including phenoxy) is 3. The number of nitrogens with two attached hydrogens (primary N) is 1. The van der Waals surface area contributed by atoms with Gasteiger partial charge in [-0.2, -0.15) is 0 Å². The van der Waals surface area contributed by atoms with E-state index in [-0.39, 0.29) is 0 Å². The van der Waals surface area contributed by atoms with Crippen molar-refractivity contribution in [1.29, 1.82) is 0 Å². The largest absolute Gasteiger partial charge is 0.516 e. The van der Waals surface area contributed by atoms with Crippen LogP contribution in [0.25, 0.3) is 0 Å². The Balaban J connectivity index is 2.48. The molecule has 1 atom stereocenters. The van der Waals surface area contributed by atoms with E-state index >= 15 is 0 Å². The summed E-state index contributed by atoms with van der Waals surface area (Å²) in [4.78, 5) is 22.7. The lowest BCUT2D eigenvalue weighted by Gasteiger charge is -2.22. The van der Waals surface area contributed by atoms with Crippen LogP contribution in [0.1, 0.15) is 33.6 Å². The first-order valence-corrected chi connectivity index (χ1v) is 5.11. The van der Waals surface area contributed by atoms with Crippen molar-refractivity contribution in [2.24, 2.45) is 5.73 Å². The summed E-state index contributed by atoms with van der Waals surface area (Å²) in [7, 11) is 0. The lowest BCUT2D eigenvalue weighted by atomic mass is 10.1. The van der Waals surface area contributed by atoms with Crippen LogP contribution in [0.3, 0.4) is 0 Å². The lowest BCUT2D eigenvalue weighted by Crippen LogP contribution is -2.49. The molecule has 1 aliphatic heterocycles.